The van der Waals surface area contributed by atoms with E-state index < -0.39 is 0 Å². The Bertz CT molecular complexity index is 1290. The third-order valence-corrected chi connectivity index (χ3v) is 9.48. The SMILES string of the molecule is CC(C)(C)C1CCc2c(sc(NC(=O)c3ccc(F)cc3)c2C(=O)N2CCC(Cc3ccccc3)CC2)C1. The molecule has 1 N–H and O–H groups in total. The summed E-state index contributed by atoms with van der Waals surface area (Å²) in [5.74, 6) is 0.442. The molecule has 2 amide bonds. The second kappa shape index (κ2) is 11.0. The Morgan fingerprint density at radius 1 is 1.00 bits per heavy atom. The van der Waals surface area contributed by atoms with E-state index in [1.165, 1.54) is 34.7 Å². The lowest BCUT2D eigenvalue weighted by Gasteiger charge is -2.35. The quantitative estimate of drug-likeness (QED) is 0.373. The molecule has 1 aliphatic carbocycles. The number of benzene rings is 2. The largest absolute Gasteiger partial charge is 0.339 e. The predicted molar refractivity (Wildman–Crippen MR) is 152 cm³/mol. The number of amides is 2. The first-order valence-electron chi connectivity index (χ1n) is 13.7. The molecule has 5 rings (SSSR count). The minimum atomic E-state index is -0.382. The van der Waals surface area contributed by atoms with Gasteiger partial charge < -0.3 is 10.2 Å². The molecule has 200 valence electrons. The number of nitrogens with zero attached hydrogens (tertiary/aromatic N) is 1. The maximum atomic E-state index is 14.0. The van der Waals surface area contributed by atoms with E-state index in [1.54, 1.807) is 11.3 Å². The number of rotatable bonds is 5. The highest BCUT2D eigenvalue weighted by atomic mass is 32.1. The molecule has 38 heavy (non-hydrogen) atoms. The summed E-state index contributed by atoms with van der Waals surface area (Å²) in [5, 5.41) is 3.66. The van der Waals surface area contributed by atoms with Crippen LogP contribution in [0.2, 0.25) is 0 Å². The smallest absolute Gasteiger partial charge is 0.257 e. The Balaban J connectivity index is 1.37. The first kappa shape index (κ1) is 26.6. The van der Waals surface area contributed by atoms with Crippen LogP contribution >= 0.6 is 11.3 Å². The molecule has 0 spiro atoms. The molecule has 6 heteroatoms. The molecule has 1 aliphatic heterocycles. The van der Waals surface area contributed by atoms with Gasteiger partial charge in [-0.15, -0.1) is 11.3 Å². The lowest BCUT2D eigenvalue weighted by molar-refractivity contribution is 0.0690. The van der Waals surface area contributed by atoms with Gasteiger partial charge in [-0.3, -0.25) is 9.59 Å². The number of fused-ring (bicyclic) bond motifs is 1. The number of hydrogen-bond acceptors (Lipinski definition) is 3. The van der Waals surface area contributed by atoms with Crippen molar-refractivity contribution >= 4 is 28.2 Å². The fourth-order valence-electron chi connectivity index (χ4n) is 5.86. The van der Waals surface area contributed by atoms with E-state index >= 15 is 0 Å². The number of nitrogens with one attached hydrogen (secondary N) is 1. The van der Waals surface area contributed by atoms with Crippen LogP contribution in [0.4, 0.5) is 9.39 Å². The summed E-state index contributed by atoms with van der Waals surface area (Å²) in [6.45, 7) is 8.30. The summed E-state index contributed by atoms with van der Waals surface area (Å²) >= 11 is 1.55. The third kappa shape index (κ3) is 5.85. The summed E-state index contributed by atoms with van der Waals surface area (Å²) in [5.41, 5.74) is 3.70. The number of likely N-dealkylation sites (tertiary alicyclic amines) is 1. The summed E-state index contributed by atoms with van der Waals surface area (Å²) in [4.78, 5) is 30.3. The van der Waals surface area contributed by atoms with Crippen LogP contribution in [0.25, 0.3) is 0 Å². The van der Waals surface area contributed by atoms with Gasteiger partial charge in [0.2, 0.25) is 0 Å². The van der Waals surface area contributed by atoms with E-state index in [4.69, 9.17) is 0 Å². The summed E-state index contributed by atoms with van der Waals surface area (Å²) < 4.78 is 13.4. The van der Waals surface area contributed by atoms with E-state index in [0.717, 1.165) is 57.2 Å². The molecule has 1 fully saturated rings. The highest BCUT2D eigenvalue weighted by Gasteiger charge is 2.36. The Hall–Kier alpha value is -2.99. The van der Waals surface area contributed by atoms with E-state index in [-0.39, 0.29) is 23.0 Å². The van der Waals surface area contributed by atoms with Gasteiger partial charge in [0.25, 0.3) is 11.8 Å². The molecule has 2 aromatic carbocycles. The average molecular weight is 533 g/mol. The van der Waals surface area contributed by atoms with Gasteiger partial charge in [-0.1, -0.05) is 51.1 Å². The average Bonchev–Trinajstić information content (AvgIpc) is 3.26. The van der Waals surface area contributed by atoms with Crippen molar-refractivity contribution in [2.24, 2.45) is 17.3 Å². The monoisotopic (exact) mass is 532 g/mol. The summed E-state index contributed by atoms with van der Waals surface area (Å²) in [7, 11) is 0. The fourth-order valence-corrected chi connectivity index (χ4v) is 7.18. The zero-order valence-corrected chi connectivity index (χ0v) is 23.4. The standard InChI is InChI=1S/C32H37FN2O2S/c1-32(2,3)24-11-14-26-27(20-24)38-30(34-29(36)23-9-12-25(33)13-10-23)28(26)31(37)35-17-15-22(16-18-35)19-21-7-5-4-6-8-21/h4-10,12-13,22,24H,11,14-20H2,1-3H3,(H,34,36). The van der Waals surface area contributed by atoms with Crippen molar-refractivity contribution < 1.29 is 14.0 Å². The molecular weight excluding hydrogens is 495 g/mol. The van der Waals surface area contributed by atoms with Crippen molar-refractivity contribution in [2.45, 2.75) is 59.3 Å². The predicted octanol–water partition coefficient (Wildman–Crippen LogP) is 7.39. The van der Waals surface area contributed by atoms with E-state index in [1.807, 2.05) is 11.0 Å². The second-order valence-corrected chi connectivity index (χ2v) is 13.0. The molecule has 4 nitrogen and oxygen atoms in total. The minimum Gasteiger partial charge on any atom is -0.339 e. The van der Waals surface area contributed by atoms with Crippen LogP contribution in [0.15, 0.2) is 54.6 Å². The molecule has 2 aliphatic rings. The molecular formula is C32H37FN2O2S. The molecule has 0 saturated carbocycles. The molecule has 1 aromatic heterocycles. The molecule has 0 radical (unpaired) electrons. The first-order valence-corrected chi connectivity index (χ1v) is 14.6. The number of carbonyl (C=O) groups is 2. The summed E-state index contributed by atoms with van der Waals surface area (Å²) in [6.07, 6.45) is 5.83. The van der Waals surface area contributed by atoms with Crippen LogP contribution in [0.1, 0.15) is 76.8 Å². The van der Waals surface area contributed by atoms with Gasteiger partial charge in [-0.25, -0.2) is 4.39 Å². The van der Waals surface area contributed by atoms with Crippen LogP contribution in [-0.2, 0) is 19.3 Å². The van der Waals surface area contributed by atoms with Crippen LogP contribution in [0, 0.1) is 23.1 Å². The number of anilines is 1. The minimum absolute atomic E-state index is 0.0317. The third-order valence-electron chi connectivity index (χ3n) is 8.31. The van der Waals surface area contributed by atoms with Crippen molar-refractivity contribution in [3.05, 3.63) is 87.5 Å². The van der Waals surface area contributed by atoms with Gasteiger partial charge in [-0.05, 0) is 91.2 Å². The maximum absolute atomic E-state index is 14.0. The lowest BCUT2D eigenvalue weighted by atomic mass is 9.72. The molecule has 1 saturated heterocycles. The van der Waals surface area contributed by atoms with Crippen molar-refractivity contribution in [3.63, 3.8) is 0 Å². The van der Waals surface area contributed by atoms with Gasteiger partial charge in [0.05, 0.1) is 5.56 Å². The van der Waals surface area contributed by atoms with E-state index in [0.29, 0.717) is 28.0 Å². The van der Waals surface area contributed by atoms with Crippen molar-refractivity contribution in [3.8, 4) is 0 Å². The first-order chi connectivity index (χ1) is 18.2. The van der Waals surface area contributed by atoms with Crippen LogP contribution in [0.3, 0.4) is 0 Å². The van der Waals surface area contributed by atoms with Crippen molar-refractivity contribution in [2.75, 3.05) is 18.4 Å². The van der Waals surface area contributed by atoms with Gasteiger partial charge in [0.15, 0.2) is 0 Å². The van der Waals surface area contributed by atoms with Gasteiger partial charge in [0, 0.05) is 23.5 Å². The van der Waals surface area contributed by atoms with E-state index in [2.05, 4.69) is 50.4 Å². The Kier molecular flexibility index (Phi) is 7.71. The zero-order chi connectivity index (χ0) is 26.9. The highest BCUT2D eigenvalue weighted by molar-refractivity contribution is 7.17. The fraction of sp³-hybridized carbons (Fsp3) is 0.438. The maximum Gasteiger partial charge on any atom is 0.257 e. The van der Waals surface area contributed by atoms with E-state index in [9.17, 15) is 14.0 Å². The Labute approximate surface area is 229 Å². The van der Waals surface area contributed by atoms with Crippen LogP contribution in [-0.4, -0.2) is 29.8 Å². The van der Waals surface area contributed by atoms with Gasteiger partial charge in [-0.2, -0.15) is 0 Å². The number of piperidine rings is 1. The van der Waals surface area contributed by atoms with Crippen LogP contribution in [0.5, 0.6) is 0 Å². The molecule has 2 heterocycles. The zero-order valence-electron chi connectivity index (χ0n) is 22.6. The Morgan fingerprint density at radius 2 is 1.68 bits per heavy atom. The molecule has 1 unspecified atom stereocenters. The topological polar surface area (TPSA) is 49.4 Å². The van der Waals surface area contributed by atoms with Crippen LogP contribution < -0.4 is 5.32 Å². The molecule has 0 bridgehead atoms. The number of hydrogen-bond donors (Lipinski definition) is 1. The summed E-state index contributed by atoms with van der Waals surface area (Å²) in [6, 6.07) is 16.1. The van der Waals surface area contributed by atoms with Gasteiger partial charge in [0.1, 0.15) is 10.8 Å². The second-order valence-electron chi connectivity index (χ2n) is 11.9. The van der Waals surface area contributed by atoms with Crippen molar-refractivity contribution in [1.82, 2.24) is 4.90 Å². The Morgan fingerprint density at radius 3 is 2.34 bits per heavy atom. The van der Waals surface area contributed by atoms with Crippen molar-refractivity contribution in [1.29, 1.82) is 0 Å². The molecule has 1 atom stereocenters. The normalized spacial score (nSPS) is 18.2. The lowest BCUT2D eigenvalue weighted by Crippen LogP contribution is -2.39. The number of carbonyl (C=O) groups excluding carboxylic acids is 2. The van der Waals surface area contributed by atoms with Gasteiger partial charge >= 0.3 is 0 Å². The number of halogens is 1. The number of thiophene rings is 1. The highest BCUT2D eigenvalue weighted by Crippen LogP contribution is 2.45. The molecule has 3 aromatic rings.